The Morgan fingerprint density at radius 2 is 1.22 bits per heavy atom. The van der Waals surface area contributed by atoms with Crippen LogP contribution in [-0.4, -0.2) is 38.6 Å². The normalized spacial score (nSPS) is 24.7. The van der Waals surface area contributed by atoms with E-state index in [0.717, 1.165) is 37.6 Å². The second-order valence-corrected chi connectivity index (χ2v) is 4.66. The second kappa shape index (κ2) is 5.59. The lowest BCUT2D eigenvalue weighted by atomic mass is 10.3. The van der Waals surface area contributed by atoms with Crippen LogP contribution in [0.3, 0.4) is 0 Å². The average Bonchev–Trinajstić information content (AvgIpc) is 3.25. The van der Waals surface area contributed by atoms with E-state index in [9.17, 15) is 0 Å². The third-order valence-electron chi connectivity index (χ3n) is 3.05. The molecule has 2 saturated heterocycles. The van der Waals surface area contributed by atoms with Gasteiger partial charge < -0.3 is 18.9 Å². The van der Waals surface area contributed by atoms with Gasteiger partial charge in [-0.2, -0.15) is 0 Å². The zero-order chi connectivity index (χ0) is 12.2. The van der Waals surface area contributed by atoms with Crippen LogP contribution in [0.1, 0.15) is 12.8 Å². The minimum atomic E-state index is 0.428. The third-order valence-corrected chi connectivity index (χ3v) is 3.05. The Morgan fingerprint density at radius 3 is 1.56 bits per heavy atom. The van der Waals surface area contributed by atoms with Crippen LogP contribution in [0.25, 0.3) is 0 Å². The highest BCUT2D eigenvalue weighted by atomic mass is 16.6. The molecule has 4 heteroatoms. The van der Waals surface area contributed by atoms with Gasteiger partial charge in [0, 0.05) is 12.8 Å². The Kier molecular flexibility index (Phi) is 3.67. The predicted octanol–water partition coefficient (Wildman–Crippen LogP) is 2.02. The molecule has 0 amide bonds. The summed E-state index contributed by atoms with van der Waals surface area (Å²) < 4.78 is 21.5. The van der Waals surface area contributed by atoms with Crippen LogP contribution < -0.4 is 9.47 Å². The highest BCUT2D eigenvalue weighted by Crippen LogP contribution is 2.20. The van der Waals surface area contributed by atoms with E-state index in [4.69, 9.17) is 18.9 Å². The number of benzene rings is 1. The monoisotopic (exact) mass is 250 g/mol. The lowest BCUT2D eigenvalue weighted by Gasteiger charge is -2.07. The van der Waals surface area contributed by atoms with Crippen LogP contribution >= 0.6 is 0 Å². The standard InChI is InChI=1S/C14H18O4/c1-2-12(16-8-6-14-10-18-14)4-3-11(1)15-7-5-13-9-17-13/h1-4,13-14H,5-10H2. The minimum absolute atomic E-state index is 0.428. The molecule has 2 heterocycles. The summed E-state index contributed by atoms with van der Waals surface area (Å²) in [5.74, 6) is 1.77. The van der Waals surface area contributed by atoms with E-state index in [1.165, 1.54) is 0 Å². The van der Waals surface area contributed by atoms with Crippen LogP contribution in [0.2, 0.25) is 0 Å². The Balaban J connectivity index is 1.36. The third kappa shape index (κ3) is 3.89. The molecule has 1 aromatic rings. The van der Waals surface area contributed by atoms with Crippen molar-refractivity contribution in [1.82, 2.24) is 0 Å². The second-order valence-electron chi connectivity index (χ2n) is 4.66. The Bertz CT molecular complexity index is 331. The summed E-state index contributed by atoms with van der Waals surface area (Å²) in [4.78, 5) is 0. The summed E-state index contributed by atoms with van der Waals surface area (Å²) in [5.41, 5.74) is 0. The van der Waals surface area contributed by atoms with Crippen LogP contribution in [0.4, 0.5) is 0 Å². The van der Waals surface area contributed by atoms with E-state index in [-0.39, 0.29) is 0 Å². The number of epoxide rings is 2. The first-order chi connectivity index (χ1) is 8.90. The number of ether oxygens (including phenoxy) is 4. The van der Waals surface area contributed by atoms with Gasteiger partial charge in [0.25, 0.3) is 0 Å². The summed E-state index contributed by atoms with van der Waals surface area (Å²) in [6, 6.07) is 7.76. The molecule has 1 aromatic carbocycles. The predicted molar refractivity (Wildman–Crippen MR) is 66.1 cm³/mol. The Hall–Kier alpha value is -1.26. The zero-order valence-electron chi connectivity index (χ0n) is 10.3. The summed E-state index contributed by atoms with van der Waals surface area (Å²) in [5, 5.41) is 0. The van der Waals surface area contributed by atoms with E-state index >= 15 is 0 Å². The average molecular weight is 250 g/mol. The molecule has 4 nitrogen and oxygen atoms in total. The Morgan fingerprint density at radius 1 is 0.833 bits per heavy atom. The SMILES string of the molecule is c1cc(OCCC2CO2)ccc1OCCC1CO1. The van der Waals surface area contributed by atoms with Gasteiger partial charge in [-0.05, 0) is 24.3 Å². The number of rotatable bonds is 8. The van der Waals surface area contributed by atoms with Crippen molar-refractivity contribution in [3.63, 3.8) is 0 Å². The van der Waals surface area contributed by atoms with Gasteiger partial charge >= 0.3 is 0 Å². The van der Waals surface area contributed by atoms with Gasteiger partial charge in [-0.25, -0.2) is 0 Å². The van der Waals surface area contributed by atoms with E-state index in [2.05, 4.69) is 0 Å². The molecule has 3 rings (SSSR count). The summed E-state index contributed by atoms with van der Waals surface area (Å²) in [6.07, 6.45) is 2.80. The molecule has 2 aliphatic heterocycles. The van der Waals surface area contributed by atoms with Gasteiger partial charge in [-0.1, -0.05) is 0 Å². The maximum absolute atomic E-state index is 5.61. The van der Waals surface area contributed by atoms with Gasteiger partial charge in [0.05, 0.1) is 38.6 Å². The lowest BCUT2D eigenvalue weighted by molar-refractivity contribution is 0.276. The Labute approximate surface area is 107 Å². The molecule has 2 atom stereocenters. The first-order valence-electron chi connectivity index (χ1n) is 6.49. The number of hydrogen-bond acceptors (Lipinski definition) is 4. The summed E-state index contributed by atoms with van der Waals surface area (Å²) in [6.45, 7) is 3.20. The molecular formula is C14H18O4. The molecule has 0 saturated carbocycles. The molecule has 2 aliphatic rings. The quantitative estimate of drug-likeness (QED) is 0.662. The zero-order valence-corrected chi connectivity index (χ0v) is 10.3. The van der Waals surface area contributed by atoms with E-state index in [1.54, 1.807) is 0 Å². The van der Waals surface area contributed by atoms with Crippen molar-refractivity contribution in [2.45, 2.75) is 25.0 Å². The van der Waals surface area contributed by atoms with Crippen LogP contribution in [0, 0.1) is 0 Å². The van der Waals surface area contributed by atoms with Crippen LogP contribution in [-0.2, 0) is 9.47 Å². The van der Waals surface area contributed by atoms with Crippen molar-refractivity contribution >= 4 is 0 Å². The topological polar surface area (TPSA) is 43.5 Å². The fourth-order valence-corrected chi connectivity index (χ4v) is 1.72. The van der Waals surface area contributed by atoms with Crippen molar-refractivity contribution in [3.05, 3.63) is 24.3 Å². The van der Waals surface area contributed by atoms with Gasteiger partial charge in [0.2, 0.25) is 0 Å². The van der Waals surface area contributed by atoms with Crippen LogP contribution in [0.15, 0.2) is 24.3 Å². The van der Waals surface area contributed by atoms with Crippen molar-refractivity contribution in [2.75, 3.05) is 26.4 Å². The fourth-order valence-electron chi connectivity index (χ4n) is 1.72. The largest absolute Gasteiger partial charge is 0.493 e. The smallest absolute Gasteiger partial charge is 0.119 e. The van der Waals surface area contributed by atoms with Crippen molar-refractivity contribution in [3.8, 4) is 11.5 Å². The lowest BCUT2D eigenvalue weighted by Crippen LogP contribution is -2.02. The summed E-state index contributed by atoms with van der Waals surface area (Å²) in [7, 11) is 0. The molecule has 0 N–H and O–H groups in total. The first kappa shape index (κ1) is 11.8. The van der Waals surface area contributed by atoms with E-state index in [0.29, 0.717) is 25.4 Å². The summed E-state index contributed by atoms with van der Waals surface area (Å²) >= 11 is 0. The van der Waals surface area contributed by atoms with Crippen molar-refractivity contribution < 1.29 is 18.9 Å². The van der Waals surface area contributed by atoms with E-state index < -0.39 is 0 Å². The molecule has 0 aliphatic carbocycles. The highest BCUT2D eigenvalue weighted by molar-refractivity contribution is 5.31. The molecule has 0 spiro atoms. The first-order valence-corrected chi connectivity index (χ1v) is 6.49. The molecule has 2 unspecified atom stereocenters. The van der Waals surface area contributed by atoms with Gasteiger partial charge in [0.1, 0.15) is 11.5 Å². The van der Waals surface area contributed by atoms with Gasteiger partial charge in [-0.3, -0.25) is 0 Å². The number of hydrogen-bond donors (Lipinski definition) is 0. The molecular weight excluding hydrogens is 232 g/mol. The van der Waals surface area contributed by atoms with Gasteiger partial charge in [0.15, 0.2) is 0 Å². The molecule has 0 radical (unpaired) electrons. The maximum Gasteiger partial charge on any atom is 0.119 e. The molecule has 0 aromatic heterocycles. The minimum Gasteiger partial charge on any atom is -0.493 e. The van der Waals surface area contributed by atoms with Crippen molar-refractivity contribution in [1.29, 1.82) is 0 Å². The maximum atomic E-state index is 5.61. The van der Waals surface area contributed by atoms with Crippen molar-refractivity contribution in [2.24, 2.45) is 0 Å². The highest BCUT2D eigenvalue weighted by Gasteiger charge is 2.22. The molecule has 2 fully saturated rings. The fraction of sp³-hybridized carbons (Fsp3) is 0.571. The molecule has 98 valence electrons. The van der Waals surface area contributed by atoms with Gasteiger partial charge in [-0.15, -0.1) is 0 Å². The molecule has 0 bridgehead atoms. The molecule has 18 heavy (non-hydrogen) atoms. The van der Waals surface area contributed by atoms with E-state index in [1.807, 2.05) is 24.3 Å². The van der Waals surface area contributed by atoms with Crippen LogP contribution in [0.5, 0.6) is 11.5 Å².